The minimum absolute atomic E-state index is 0.463. The molecule has 1 saturated heterocycles. The van der Waals surface area contributed by atoms with Gasteiger partial charge in [-0.1, -0.05) is 6.07 Å². The zero-order chi connectivity index (χ0) is 16.2. The molecule has 5 heteroatoms. The highest BCUT2D eigenvalue weighted by atomic mass is 16.6. The van der Waals surface area contributed by atoms with Crippen LogP contribution >= 0.6 is 0 Å². The van der Waals surface area contributed by atoms with E-state index in [2.05, 4.69) is 22.2 Å². The van der Waals surface area contributed by atoms with Crippen LogP contribution in [0.3, 0.4) is 0 Å². The van der Waals surface area contributed by atoms with E-state index >= 15 is 0 Å². The fraction of sp³-hybridized carbons (Fsp3) is 0.647. The molecule has 1 N–H and O–H groups in total. The second kappa shape index (κ2) is 7.09. The van der Waals surface area contributed by atoms with Crippen molar-refractivity contribution in [2.24, 2.45) is 5.92 Å². The molecular weight excluding hydrogens is 278 g/mol. The number of carbonyl (C=O) groups excluding carboxylic acids is 1. The number of hydrogen-bond acceptors (Lipinski definition) is 4. The van der Waals surface area contributed by atoms with Crippen molar-refractivity contribution in [1.29, 1.82) is 0 Å². The molecule has 0 spiro atoms. The van der Waals surface area contributed by atoms with Crippen LogP contribution in [0.5, 0.6) is 0 Å². The molecule has 2 rings (SSSR count). The number of nitrogens with one attached hydrogen (secondary N) is 1. The second-order valence-corrected chi connectivity index (χ2v) is 7.10. The Morgan fingerprint density at radius 3 is 2.86 bits per heavy atom. The Kier molecular flexibility index (Phi) is 5.40. The molecule has 2 heterocycles. The van der Waals surface area contributed by atoms with Gasteiger partial charge in [-0.25, -0.2) is 9.78 Å². The summed E-state index contributed by atoms with van der Waals surface area (Å²) in [6.45, 7) is 7.90. The summed E-state index contributed by atoms with van der Waals surface area (Å²) in [6, 6.07) is 5.73. The van der Waals surface area contributed by atoms with Gasteiger partial charge in [-0.3, -0.25) is 5.32 Å². The van der Waals surface area contributed by atoms with Gasteiger partial charge in [0.1, 0.15) is 11.4 Å². The van der Waals surface area contributed by atoms with Gasteiger partial charge < -0.3 is 9.64 Å². The van der Waals surface area contributed by atoms with Crippen molar-refractivity contribution >= 4 is 11.9 Å². The van der Waals surface area contributed by atoms with E-state index in [1.807, 2.05) is 32.9 Å². The molecule has 0 aromatic carbocycles. The number of ether oxygens (including phenoxy) is 1. The molecule has 5 nitrogen and oxygen atoms in total. The van der Waals surface area contributed by atoms with E-state index in [1.54, 1.807) is 6.07 Å². The van der Waals surface area contributed by atoms with Crippen LogP contribution < -0.4 is 5.32 Å². The Morgan fingerprint density at radius 2 is 2.23 bits per heavy atom. The Morgan fingerprint density at radius 1 is 1.45 bits per heavy atom. The van der Waals surface area contributed by atoms with Crippen LogP contribution in [-0.4, -0.2) is 41.7 Å². The fourth-order valence-electron chi connectivity index (χ4n) is 2.71. The number of nitrogens with zero attached hydrogens (tertiary/aromatic N) is 2. The van der Waals surface area contributed by atoms with Crippen LogP contribution in [0.2, 0.25) is 0 Å². The third kappa shape index (κ3) is 5.64. The summed E-state index contributed by atoms with van der Waals surface area (Å²) in [6.07, 6.45) is 2.90. The van der Waals surface area contributed by atoms with Gasteiger partial charge in [-0.05, 0) is 71.7 Å². The quantitative estimate of drug-likeness (QED) is 0.927. The summed E-state index contributed by atoms with van der Waals surface area (Å²) in [7, 11) is 2.17. The zero-order valence-electron chi connectivity index (χ0n) is 14.1. The molecule has 1 aromatic heterocycles. The number of likely N-dealkylation sites (tertiary alicyclic amines) is 1. The first-order valence-electron chi connectivity index (χ1n) is 7.96. The number of carbonyl (C=O) groups is 1. The lowest BCUT2D eigenvalue weighted by Crippen LogP contribution is -2.27. The fourth-order valence-corrected chi connectivity index (χ4v) is 2.71. The standard InChI is InChI=1S/C17H27N3O2/c1-17(2,3)22-16(21)19-15-7-5-6-14(18-15)9-8-13-10-11-20(4)12-13/h5-7,13H,8-12H2,1-4H3,(H,18,19,21). The monoisotopic (exact) mass is 305 g/mol. The van der Waals surface area contributed by atoms with Crippen molar-refractivity contribution in [3.8, 4) is 0 Å². The summed E-state index contributed by atoms with van der Waals surface area (Å²) >= 11 is 0. The molecular formula is C17H27N3O2. The predicted molar refractivity (Wildman–Crippen MR) is 88.0 cm³/mol. The van der Waals surface area contributed by atoms with Gasteiger partial charge in [0.05, 0.1) is 0 Å². The lowest BCUT2D eigenvalue weighted by atomic mass is 10.0. The van der Waals surface area contributed by atoms with E-state index in [1.165, 1.54) is 19.5 Å². The van der Waals surface area contributed by atoms with Crippen molar-refractivity contribution in [3.05, 3.63) is 23.9 Å². The lowest BCUT2D eigenvalue weighted by molar-refractivity contribution is 0.0635. The first kappa shape index (κ1) is 16.7. The van der Waals surface area contributed by atoms with Crippen LogP contribution in [0.15, 0.2) is 18.2 Å². The summed E-state index contributed by atoms with van der Waals surface area (Å²) in [5.74, 6) is 1.31. The number of anilines is 1. The summed E-state index contributed by atoms with van der Waals surface area (Å²) < 4.78 is 5.24. The second-order valence-electron chi connectivity index (χ2n) is 7.10. The maximum Gasteiger partial charge on any atom is 0.413 e. The van der Waals surface area contributed by atoms with Gasteiger partial charge in [0.15, 0.2) is 0 Å². The van der Waals surface area contributed by atoms with Gasteiger partial charge in [0.25, 0.3) is 0 Å². The molecule has 22 heavy (non-hydrogen) atoms. The van der Waals surface area contributed by atoms with E-state index < -0.39 is 11.7 Å². The van der Waals surface area contributed by atoms with E-state index in [0.29, 0.717) is 5.82 Å². The Labute approximate surface area is 133 Å². The largest absolute Gasteiger partial charge is 0.444 e. The highest BCUT2D eigenvalue weighted by molar-refractivity contribution is 5.83. The van der Waals surface area contributed by atoms with E-state index in [0.717, 1.165) is 24.5 Å². The van der Waals surface area contributed by atoms with E-state index in [-0.39, 0.29) is 0 Å². The maximum absolute atomic E-state index is 11.8. The SMILES string of the molecule is CN1CCC(CCc2cccc(NC(=O)OC(C)(C)C)n2)C1. The Balaban J connectivity index is 1.85. The van der Waals surface area contributed by atoms with Crippen LogP contribution in [-0.2, 0) is 11.2 Å². The van der Waals surface area contributed by atoms with Crippen molar-refractivity contribution in [2.75, 3.05) is 25.5 Å². The zero-order valence-corrected chi connectivity index (χ0v) is 14.1. The summed E-state index contributed by atoms with van der Waals surface area (Å²) in [5, 5.41) is 2.69. The van der Waals surface area contributed by atoms with Gasteiger partial charge in [-0.2, -0.15) is 0 Å². The molecule has 122 valence electrons. The van der Waals surface area contributed by atoms with Gasteiger partial charge in [0.2, 0.25) is 0 Å². The maximum atomic E-state index is 11.8. The van der Waals surface area contributed by atoms with Gasteiger partial charge >= 0.3 is 6.09 Å². The first-order valence-corrected chi connectivity index (χ1v) is 7.96. The first-order chi connectivity index (χ1) is 10.3. The average Bonchev–Trinajstić information content (AvgIpc) is 2.80. The highest BCUT2D eigenvalue weighted by Crippen LogP contribution is 2.20. The summed E-state index contributed by atoms with van der Waals surface area (Å²) in [4.78, 5) is 18.6. The van der Waals surface area contributed by atoms with Crippen LogP contribution in [0.25, 0.3) is 0 Å². The summed E-state index contributed by atoms with van der Waals surface area (Å²) in [5.41, 5.74) is 0.513. The van der Waals surface area contributed by atoms with E-state index in [4.69, 9.17) is 4.74 Å². The number of amides is 1. The van der Waals surface area contributed by atoms with E-state index in [9.17, 15) is 4.79 Å². The van der Waals surface area contributed by atoms with Crippen LogP contribution in [0, 0.1) is 5.92 Å². The molecule has 0 radical (unpaired) electrons. The number of rotatable bonds is 4. The Bertz CT molecular complexity index is 511. The lowest BCUT2D eigenvalue weighted by Gasteiger charge is -2.19. The molecule has 1 aromatic rings. The molecule has 1 atom stereocenters. The number of aromatic nitrogens is 1. The van der Waals surface area contributed by atoms with Crippen molar-refractivity contribution < 1.29 is 9.53 Å². The smallest absolute Gasteiger partial charge is 0.413 e. The topological polar surface area (TPSA) is 54.5 Å². The molecule has 1 fully saturated rings. The van der Waals surface area contributed by atoms with Crippen LogP contribution in [0.1, 0.15) is 39.3 Å². The van der Waals surface area contributed by atoms with Gasteiger partial charge in [-0.15, -0.1) is 0 Å². The molecule has 1 unspecified atom stereocenters. The molecule has 1 aliphatic heterocycles. The average molecular weight is 305 g/mol. The van der Waals surface area contributed by atoms with Crippen molar-refractivity contribution in [2.45, 2.75) is 45.6 Å². The minimum Gasteiger partial charge on any atom is -0.444 e. The molecule has 0 aliphatic carbocycles. The number of pyridine rings is 1. The third-order valence-corrected chi connectivity index (χ3v) is 3.73. The molecule has 0 saturated carbocycles. The molecule has 1 aliphatic rings. The number of aryl methyl sites for hydroxylation is 1. The molecule has 0 bridgehead atoms. The Hall–Kier alpha value is -1.62. The highest BCUT2D eigenvalue weighted by Gasteiger charge is 2.19. The van der Waals surface area contributed by atoms with Crippen molar-refractivity contribution in [1.82, 2.24) is 9.88 Å². The van der Waals surface area contributed by atoms with Crippen LogP contribution in [0.4, 0.5) is 10.6 Å². The van der Waals surface area contributed by atoms with Crippen molar-refractivity contribution in [3.63, 3.8) is 0 Å². The predicted octanol–water partition coefficient (Wildman–Crippen LogP) is 3.31. The molecule has 1 amide bonds. The normalized spacial score (nSPS) is 19.2. The van der Waals surface area contributed by atoms with Gasteiger partial charge in [0, 0.05) is 12.2 Å². The third-order valence-electron chi connectivity index (χ3n) is 3.73. The number of hydrogen-bond donors (Lipinski definition) is 1. The minimum atomic E-state index is -0.504.